The van der Waals surface area contributed by atoms with Gasteiger partial charge in [-0.25, -0.2) is 0 Å². The molecule has 0 unspecified atom stereocenters. The van der Waals surface area contributed by atoms with Gasteiger partial charge in [-0.1, -0.05) is 24.3 Å². The molecule has 0 saturated heterocycles. The molecule has 0 aromatic heterocycles. The zero-order chi connectivity index (χ0) is 9.26. The van der Waals surface area contributed by atoms with Crippen molar-refractivity contribution in [1.29, 1.82) is 0 Å². The average Bonchev–Trinajstić information content (AvgIpc) is 2.16. The van der Waals surface area contributed by atoms with E-state index in [9.17, 15) is 5.11 Å². The van der Waals surface area contributed by atoms with E-state index < -0.39 is 0 Å². The molecular formula is C11H9O2. The molecule has 0 saturated carbocycles. The summed E-state index contributed by atoms with van der Waals surface area (Å²) in [5, 5.41) is 11.1. The van der Waals surface area contributed by atoms with Crippen LogP contribution in [-0.2, 0) is 0 Å². The van der Waals surface area contributed by atoms with Crippen molar-refractivity contribution in [2.45, 2.75) is 0 Å². The summed E-state index contributed by atoms with van der Waals surface area (Å²) < 4.78 is 5.13. The van der Waals surface area contributed by atoms with Crippen LogP contribution in [0.15, 0.2) is 30.3 Å². The van der Waals surface area contributed by atoms with E-state index in [4.69, 9.17) is 4.74 Å². The number of ether oxygens (including phenoxy) is 1. The molecule has 0 bridgehead atoms. The minimum atomic E-state index is 0.107. The molecule has 0 aliphatic rings. The summed E-state index contributed by atoms with van der Waals surface area (Å²) >= 11 is 0. The highest BCUT2D eigenvalue weighted by Gasteiger charge is 2.02. The van der Waals surface area contributed by atoms with Crippen LogP contribution in [0.1, 0.15) is 0 Å². The number of hydrogen-bond donors (Lipinski definition) is 1. The van der Waals surface area contributed by atoms with Gasteiger partial charge in [-0.15, -0.1) is 0 Å². The Morgan fingerprint density at radius 3 is 2.85 bits per heavy atom. The number of rotatable bonds is 1. The Bertz CT molecular complexity index is 435. The maximum absolute atomic E-state index is 9.31. The zero-order valence-corrected chi connectivity index (χ0v) is 7.24. The smallest absolute Gasteiger partial charge is 0.130 e. The first-order valence-corrected chi connectivity index (χ1v) is 3.99. The lowest BCUT2D eigenvalue weighted by molar-refractivity contribution is 0.412. The summed E-state index contributed by atoms with van der Waals surface area (Å²) in [5.41, 5.74) is 0. The van der Waals surface area contributed by atoms with Gasteiger partial charge in [0.1, 0.15) is 11.5 Å². The van der Waals surface area contributed by atoms with E-state index in [0.29, 0.717) is 5.75 Å². The Morgan fingerprint density at radius 2 is 2.08 bits per heavy atom. The van der Waals surface area contributed by atoms with Crippen molar-refractivity contribution in [3.63, 3.8) is 0 Å². The molecule has 13 heavy (non-hydrogen) atoms. The highest BCUT2D eigenvalue weighted by molar-refractivity contribution is 5.89. The molecule has 0 aliphatic carbocycles. The van der Waals surface area contributed by atoms with Crippen molar-refractivity contribution in [2.24, 2.45) is 0 Å². The van der Waals surface area contributed by atoms with Gasteiger partial charge >= 0.3 is 0 Å². The molecule has 1 N–H and O–H groups in total. The zero-order valence-electron chi connectivity index (χ0n) is 7.24. The Morgan fingerprint density at radius 1 is 1.31 bits per heavy atom. The number of aromatic hydroxyl groups is 1. The molecular weight excluding hydrogens is 164 g/mol. The van der Waals surface area contributed by atoms with Crippen LogP contribution < -0.4 is 4.74 Å². The van der Waals surface area contributed by atoms with E-state index in [0.717, 1.165) is 10.8 Å². The summed E-state index contributed by atoms with van der Waals surface area (Å²) in [7, 11) is 1.58. The number of phenols is 1. The van der Waals surface area contributed by atoms with E-state index in [1.165, 1.54) is 0 Å². The monoisotopic (exact) mass is 173 g/mol. The fourth-order valence-corrected chi connectivity index (χ4v) is 1.35. The molecule has 0 atom stereocenters. The predicted octanol–water partition coefficient (Wildman–Crippen LogP) is 2.35. The highest BCUT2D eigenvalue weighted by Crippen LogP contribution is 2.29. The maximum Gasteiger partial charge on any atom is 0.130 e. The minimum absolute atomic E-state index is 0.107. The lowest BCUT2D eigenvalue weighted by atomic mass is 10.1. The third kappa shape index (κ3) is 1.31. The third-order valence-electron chi connectivity index (χ3n) is 1.94. The first-order valence-electron chi connectivity index (χ1n) is 3.99. The lowest BCUT2D eigenvalue weighted by Crippen LogP contribution is -1.84. The van der Waals surface area contributed by atoms with E-state index in [-0.39, 0.29) is 5.75 Å². The number of methoxy groups -OCH3 is 1. The van der Waals surface area contributed by atoms with Gasteiger partial charge < -0.3 is 9.84 Å². The molecule has 2 aromatic carbocycles. The summed E-state index contributed by atoms with van der Waals surface area (Å²) in [4.78, 5) is 0. The average molecular weight is 173 g/mol. The second-order valence-electron chi connectivity index (χ2n) is 2.77. The van der Waals surface area contributed by atoms with E-state index in [2.05, 4.69) is 6.07 Å². The van der Waals surface area contributed by atoms with E-state index in [1.807, 2.05) is 24.3 Å². The van der Waals surface area contributed by atoms with Gasteiger partial charge in [0.05, 0.1) is 7.11 Å². The van der Waals surface area contributed by atoms with Crippen molar-refractivity contribution in [2.75, 3.05) is 7.11 Å². The van der Waals surface area contributed by atoms with Gasteiger partial charge in [0.15, 0.2) is 0 Å². The number of phenolic OH excluding ortho intramolecular Hbond substituents is 1. The Labute approximate surface area is 76.4 Å². The summed E-state index contributed by atoms with van der Waals surface area (Å²) in [6.45, 7) is 0. The quantitative estimate of drug-likeness (QED) is 0.717. The third-order valence-corrected chi connectivity index (χ3v) is 1.94. The lowest BCUT2D eigenvalue weighted by Gasteiger charge is -2.04. The topological polar surface area (TPSA) is 29.5 Å². The molecule has 0 fully saturated rings. The van der Waals surface area contributed by atoms with Crippen molar-refractivity contribution in [3.05, 3.63) is 36.4 Å². The van der Waals surface area contributed by atoms with Crippen molar-refractivity contribution in [1.82, 2.24) is 0 Å². The second-order valence-corrected chi connectivity index (χ2v) is 2.77. The van der Waals surface area contributed by atoms with Crippen LogP contribution in [0.5, 0.6) is 11.5 Å². The second kappa shape index (κ2) is 2.98. The van der Waals surface area contributed by atoms with Gasteiger partial charge in [0, 0.05) is 17.5 Å². The molecule has 0 spiro atoms. The Kier molecular flexibility index (Phi) is 1.81. The predicted molar refractivity (Wildman–Crippen MR) is 51.0 cm³/mol. The van der Waals surface area contributed by atoms with Crippen LogP contribution in [0, 0.1) is 6.07 Å². The van der Waals surface area contributed by atoms with Gasteiger partial charge in [-0.3, -0.25) is 0 Å². The van der Waals surface area contributed by atoms with Crippen LogP contribution in [0.25, 0.3) is 10.8 Å². The number of benzene rings is 2. The van der Waals surface area contributed by atoms with Crippen LogP contribution in [0.2, 0.25) is 0 Å². The Balaban J connectivity index is 2.81. The van der Waals surface area contributed by atoms with Crippen LogP contribution >= 0.6 is 0 Å². The molecule has 0 heterocycles. The van der Waals surface area contributed by atoms with Crippen LogP contribution in [0.4, 0.5) is 0 Å². The van der Waals surface area contributed by atoms with Gasteiger partial charge in [0.25, 0.3) is 0 Å². The minimum Gasteiger partial charge on any atom is -0.507 e. The highest BCUT2D eigenvalue weighted by atomic mass is 16.5. The normalized spacial score (nSPS) is 10.2. The maximum atomic E-state index is 9.31. The van der Waals surface area contributed by atoms with Crippen molar-refractivity contribution >= 4 is 10.8 Å². The fraction of sp³-hybridized carbons (Fsp3) is 0.0909. The molecule has 1 radical (unpaired) electrons. The van der Waals surface area contributed by atoms with Gasteiger partial charge in [-0.2, -0.15) is 0 Å². The summed E-state index contributed by atoms with van der Waals surface area (Å²) in [5.74, 6) is 0.780. The van der Waals surface area contributed by atoms with Crippen molar-refractivity contribution < 1.29 is 9.84 Å². The first kappa shape index (κ1) is 7.92. The van der Waals surface area contributed by atoms with E-state index >= 15 is 0 Å². The molecule has 0 aliphatic heterocycles. The standard InChI is InChI=1S/C11H9O2/c1-13-11-7-9(12)6-8-4-2-3-5-10(8)11/h2-5,7,12H,1H3. The molecule has 2 heteroatoms. The largest absolute Gasteiger partial charge is 0.507 e. The van der Waals surface area contributed by atoms with Crippen molar-refractivity contribution in [3.8, 4) is 11.5 Å². The molecule has 2 aromatic rings. The SMILES string of the molecule is COc1cc(O)[c]c2ccccc12. The molecule has 2 nitrogen and oxygen atoms in total. The number of fused-ring (bicyclic) bond motifs is 1. The van der Waals surface area contributed by atoms with Crippen LogP contribution in [0.3, 0.4) is 0 Å². The molecule has 2 rings (SSSR count). The fourth-order valence-electron chi connectivity index (χ4n) is 1.35. The molecule has 65 valence electrons. The van der Waals surface area contributed by atoms with Gasteiger partial charge in [0.2, 0.25) is 0 Å². The summed E-state index contributed by atoms with van der Waals surface area (Å²) in [6, 6.07) is 12.0. The number of hydrogen-bond acceptors (Lipinski definition) is 2. The van der Waals surface area contributed by atoms with Gasteiger partial charge in [-0.05, 0) is 5.39 Å². The molecule has 0 amide bonds. The van der Waals surface area contributed by atoms with E-state index in [1.54, 1.807) is 13.2 Å². The Hall–Kier alpha value is -1.70. The first-order chi connectivity index (χ1) is 6.31. The van der Waals surface area contributed by atoms with Crippen LogP contribution in [-0.4, -0.2) is 12.2 Å². The summed E-state index contributed by atoms with van der Waals surface area (Å²) in [6.07, 6.45) is 0.